The summed E-state index contributed by atoms with van der Waals surface area (Å²) in [4.78, 5) is 48.7. The Morgan fingerprint density at radius 1 is 1.21 bits per heavy atom. The molecule has 0 unspecified atom stereocenters. The summed E-state index contributed by atoms with van der Waals surface area (Å²) in [6, 6.07) is 1.91. The van der Waals surface area contributed by atoms with Gasteiger partial charge in [0, 0.05) is 31.0 Å². The molecule has 1 aliphatic heterocycles. The average Bonchev–Trinajstić information content (AvgIpc) is 3.17. The minimum Gasteiger partial charge on any atom is -0.464 e. The summed E-state index contributed by atoms with van der Waals surface area (Å²) in [5.74, 6) is -2.01. The van der Waals surface area contributed by atoms with Gasteiger partial charge >= 0.3 is 5.97 Å². The first-order valence-corrected chi connectivity index (χ1v) is 9.30. The molecule has 2 heterocycles. The highest BCUT2D eigenvalue weighted by Gasteiger charge is 2.24. The van der Waals surface area contributed by atoms with E-state index in [4.69, 9.17) is 0 Å². The number of hydrogen-bond donors (Lipinski definition) is 2. The number of rotatable bonds is 8. The summed E-state index contributed by atoms with van der Waals surface area (Å²) < 4.78 is 6.52. The maximum atomic E-state index is 12.7. The minimum absolute atomic E-state index is 0.206. The molecule has 2 rings (SSSR count). The van der Waals surface area contributed by atoms with Gasteiger partial charge in [-0.2, -0.15) is 0 Å². The highest BCUT2D eigenvalue weighted by molar-refractivity contribution is 6.05. The standard InChI is InChI=1S/C20H26N4O5/c1-5-17-16(8-11-24(17)15-6-9-23(12-25)10-7-15)19(27)21-13(2)18(26)22-14(3)20(28)29-4/h8,11-12,15H,2-3,5-7,9-10H2,1,4H3,(H,21,27)(H,22,26). The Hall–Kier alpha value is -3.36. The number of carbonyl (C=O) groups is 4. The van der Waals surface area contributed by atoms with E-state index in [1.54, 1.807) is 11.0 Å². The molecule has 0 bridgehead atoms. The zero-order chi connectivity index (χ0) is 21.6. The van der Waals surface area contributed by atoms with Crippen LogP contribution in [0.5, 0.6) is 0 Å². The number of ether oxygens (including phenoxy) is 1. The Morgan fingerprint density at radius 3 is 2.41 bits per heavy atom. The van der Waals surface area contributed by atoms with Gasteiger partial charge in [0.25, 0.3) is 11.8 Å². The number of amides is 3. The van der Waals surface area contributed by atoms with Crippen LogP contribution in [-0.4, -0.2) is 53.9 Å². The van der Waals surface area contributed by atoms with Crippen LogP contribution in [0.25, 0.3) is 0 Å². The second-order valence-electron chi connectivity index (χ2n) is 6.67. The Balaban J connectivity index is 2.05. The number of carbonyl (C=O) groups excluding carboxylic acids is 4. The lowest BCUT2D eigenvalue weighted by molar-refractivity contribution is -0.137. The maximum Gasteiger partial charge on any atom is 0.353 e. The molecule has 9 heteroatoms. The van der Waals surface area contributed by atoms with Crippen LogP contribution in [0.4, 0.5) is 0 Å². The van der Waals surface area contributed by atoms with E-state index in [1.807, 2.05) is 13.1 Å². The predicted molar refractivity (Wildman–Crippen MR) is 106 cm³/mol. The number of likely N-dealkylation sites (tertiary alicyclic amines) is 1. The molecule has 3 amide bonds. The number of methoxy groups -OCH3 is 1. The Morgan fingerprint density at radius 2 is 1.86 bits per heavy atom. The fourth-order valence-corrected chi connectivity index (χ4v) is 3.32. The van der Waals surface area contributed by atoms with Crippen LogP contribution in [0, 0.1) is 0 Å². The number of piperidine rings is 1. The van der Waals surface area contributed by atoms with Crippen molar-refractivity contribution in [1.29, 1.82) is 0 Å². The highest BCUT2D eigenvalue weighted by Crippen LogP contribution is 2.26. The Bertz CT molecular complexity index is 834. The van der Waals surface area contributed by atoms with Crippen molar-refractivity contribution in [2.24, 2.45) is 0 Å². The van der Waals surface area contributed by atoms with Crippen LogP contribution in [0.2, 0.25) is 0 Å². The molecule has 1 fully saturated rings. The smallest absolute Gasteiger partial charge is 0.353 e. The van der Waals surface area contributed by atoms with E-state index in [0.29, 0.717) is 25.1 Å². The third-order valence-electron chi connectivity index (χ3n) is 4.88. The van der Waals surface area contributed by atoms with Gasteiger partial charge in [0.1, 0.15) is 5.70 Å². The first kappa shape index (κ1) is 21.9. The molecule has 1 aromatic heterocycles. The van der Waals surface area contributed by atoms with Crippen LogP contribution in [0.15, 0.2) is 36.8 Å². The average molecular weight is 402 g/mol. The van der Waals surface area contributed by atoms with Gasteiger partial charge in [0.05, 0.1) is 18.4 Å². The molecule has 0 aromatic carbocycles. The first-order chi connectivity index (χ1) is 13.8. The van der Waals surface area contributed by atoms with Crippen LogP contribution in [0.1, 0.15) is 41.9 Å². The lowest BCUT2D eigenvalue weighted by Gasteiger charge is -2.31. The number of hydrogen-bond acceptors (Lipinski definition) is 5. The normalized spacial score (nSPS) is 14.1. The van der Waals surface area contributed by atoms with E-state index < -0.39 is 17.8 Å². The van der Waals surface area contributed by atoms with Crippen LogP contribution in [-0.2, 0) is 25.5 Å². The lowest BCUT2D eigenvalue weighted by atomic mass is 10.0. The van der Waals surface area contributed by atoms with Crippen LogP contribution < -0.4 is 10.6 Å². The molecule has 0 saturated carbocycles. The number of aromatic nitrogens is 1. The van der Waals surface area contributed by atoms with Crippen molar-refractivity contribution in [2.75, 3.05) is 20.2 Å². The fourth-order valence-electron chi connectivity index (χ4n) is 3.32. The summed E-state index contributed by atoms with van der Waals surface area (Å²) >= 11 is 0. The summed E-state index contributed by atoms with van der Waals surface area (Å²) in [7, 11) is 1.16. The van der Waals surface area contributed by atoms with Crippen molar-refractivity contribution in [1.82, 2.24) is 20.1 Å². The number of nitrogens with zero attached hydrogens (tertiary/aromatic N) is 2. The topological polar surface area (TPSA) is 110 Å². The molecule has 0 radical (unpaired) electrons. The fraction of sp³-hybridized carbons (Fsp3) is 0.400. The largest absolute Gasteiger partial charge is 0.464 e. The molecule has 1 aliphatic rings. The quantitative estimate of drug-likeness (QED) is 0.381. The molecule has 0 atom stereocenters. The van der Waals surface area contributed by atoms with Crippen LogP contribution in [0.3, 0.4) is 0 Å². The first-order valence-electron chi connectivity index (χ1n) is 9.30. The van der Waals surface area contributed by atoms with E-state index in [1.165, 1.54) is 0 Å². The molecule has 2 N–H and O–H groups in total. The minimum atomic E-state index is -0.788. The van der Waals surface area contributed by atoms with E-state index in [0.717, 1.165) is 32.1 Å². The molecule has 29 heavy (non-hydrogen) atoms. The van der Waals surface area contributed by atoms with E-state index >= 15 is 0 Å². The molecule has 0 spiro atoms. The van der Waals surface area contributed by atoms with Gasteiger partial charge in [0.15, 0.2) is 0 Å². The monoisotopic (exact) mass is 402 g/mol. The van der Waals surface area contributed by atoms with Crippen molar-refractivity contribution >= 4 is 24.2 Å². The predicted octanol–water partition coefficient (Wildman–Crippen LogP) is 0.890. The molecule has 1 aromatic rings. The van der Waals surface area contributed by atoms with Crippen molar-refractivity contribution in [3.63, 3.8) is 0 Å². The zero-order valence-electron chi connectivity index (χ0n) is 16.7. The van der Waals surface area contributed by atoms with Gasteiger partial charge < -0.3 is 24.8 Å². The van der Waals surface area contributed by atoms with E-state index in [9.17, 15) is 19.2 Å². The Kier molecular flexibility index (Phi) is 7.35. The van der Waals surface area contributed by atoms with Gasteiger partial charge in [-0.05, 0) is 25.3 Å². The van der Waals surface area contributed by atoms with Gasteiger partial charge in [-0.1, -0.05) is 20.1 Å². The summed E-state index contributed by atoms with van der Waals surface area (Å²) in [6.45, 7) is 10.2. The second-order valence-corrected chi connectivity index (χ2v) is 6.67. The van der Waals surface area contributed by atoms with Crippen molar-refractivity contribution in [2.45, 2.75) is 32.2 Å². The Labute approximate surface area is 169 Å². The third-order valence-corrected chi connectivity index (χ3v) is 4.88. The van der Waals surface area contributed by atoms with Gasteiger partial charge in [-0.3, -0.25) is 14.4 Å². The second kappa shape index (κ2) is 9.72. The molecule has 9 nitrogen and oxygen atoms in total. The van der Waals surface area contributed by atoms with E-state index in [2.05, 4.69) is 33.1 Å². The molecule has 0 aliphatic carbocycles. The van der Waals surface area contributed by atoms with Crippen molar-refractivity contribution < 1.29 is 23.9 Å². The summed E-state index contributed by atoms with van der Waals surface area (Å²) in [5.41, 5.74) is 0.828. The maximum absolute atomic E-state index is 12.7. The van der Waals surface area contributed by atoms with Crippen LogP contribution >= 0.6 is 0 Å². The summed E-state index contributed by atoms with van der Waals surface area (Å²) in [6.07, 6.45) is 4.97. The highest BCUT2D eigenvalue weighted by atomic mass is 16.5. The molecule has 156 valence electrons. The summed E-state index contributed by atoms with van der Waals surface area (Å²) in [5, 5.41) is 4.68. The molecule has 1 saturated heterocycles. The van der Waals surface area contributed by atoms with Crippen molar-refractivity contribution in [3.05, 3.63) is 48.1 Å². The zero-order valence-corrected chi connectivity index (χ0v) is 16.7. The number of esters is 1. The lowest BCUT2D eigenvalue weighted by Crippen LogP contribution is -2.36. The molecular weight excluding hydrogens is 376 g/mol. The third kappa shape index (κ3) is 5.13. The van der Waals surface area contributed by atoms with Gasteiger partial charge in [-0.15, -0.1) is 0 Å². The SMILES string of the molecule is C=C(NC(=O)c1ccn(C2CCN(C=O)CC2)c1CC)C(=O)NC(=C)C(=O)OC. The van der Waals surface area contributed by atoms with Crippen molar-refractivity contribution in [3.8, 4) is 0 Å². The number of nitrogens with one attached hydrogen (secondary N) is 2. The van der Waals surface area contributed by atoms with E-state index in [-0.39, 0.29) is 17.4 Å². The van der Waals surface area contributed by atoms with Gasteiger partial charge in [-0.25, -0.2) is 4.79 Å². The molecular formula is C20H26N4O5. The van der Waals surface area contributed by atoms with Gasteiger partial charge in [0.2, 0.25) is 6.41 Å².